The molecule has 5 nitrogen and oxygen atoms in total. The molecule has 1 aliphatic rings. The van der Waals surface area contributed by atoms with Gasteiger partial charge in [0.15, 0.2) is 5.96 Å². The molecule has 1 fully saturated rings. The Hall–Kier alpha value is -1.09. The molecule has 0 spiro atoms. The van der Waals surface area contributed by atoms with E-state index < -0.39 is 0 Å². The second kappa shape index (κ2) is 9.91. The highest BCUT2D eigenvalue weighted by Gasteiger charge is 2.27. The van der Waals surface area contributed by atoms with Gasteiger partial charge >= 0.3 is 0 Å². The third kappa shape index (κ3) is 5.94. The zero-order chi connectivity index (χ0) is 18.6. The molecule has 150 valence electrons. The molecule has 1 N–H and O–H groups in total. The number of guanidine groups is 1. The van der Waals surface area contributed by atoms with Crippen LogP contribution >= 0.6 is 35.3 Å². The Kier molecular flexibility index (Phi) is 8.15. The number of aryl methyl sites for hydroxylation is 1. The van der Waals surface area contributed by atoms with E-state index in [0.29, 0.717) is 5.92 Å². The van der Waals surface area contributed by atoms with Gasteiger partial charge in [-0.2, -0.15) is 5.10 Å². The van der Waals surface area contributed by atoms with Crippen LogP contribution in [0.4, 0.5) is 0 Å². The summed E-state index contributed by atoms with van der Waals surface area (Å²) in [6.07, 6.45) is 6.44. The molecular formula is C20H32IN5S. The smallest absolute Gasteiger partial charge is 0.193 e. The van der Waals surface area contributed by atoms with E-state index in [9.17, 15) is 0 Å². The van der Waals surface area contributed by atoms with Crippen LogP contribution in [0.5, 0.6) is 0 Å². The minimum atomic E-state index is 0. The quantitative estimate of drug-likeness (QED) is 0.371. The van der Waals surface area contributed by atoms with E-state index in [1.165, 1.54) is 16.9 Å². The van der Waals surface area contributed by atoms with Gasteiger partial charge in [0.1, 0.15) is 0 Å². The molecule has 2 aromatic rings. The maximum Gasteiger partial charge on any atom is 0.193 e. The van der Waals surface area contributed by atoms with Crippen LogP contribution < -0.4 is 5.32 Å². The maximum atomic E-state index is 4.99. The summed E-state index contributed by atoms with van der Waals surface area (Å²) in [5.41, 5.74) is 1.41. The molecule has 1 atom stereocenters. The summed E-state index contributed by atoms with van der Waals surface area (Å²) in [5.74, 6) is 1.74. The van der Waals surface area contributed by atoms with Gasteiger partial charge in [0.25, 0.3) is 0 Å². The first-order valence-corrected chi connectivity index (χ1v) is 10.4. The molecule has 3 heterocycles. The predicted octanol–water partition coefficient (Wildman–Crippen LogP) is 3.91. The van der Waals surface area contributed by atoms with Crippen LogP contribution in [0, 0.1) is 5.92 Å². The fraction of sp³-hybridized carbons (Fsp3) is 0.600. The monoisotopic (exact) mass is 501 g/mol. The average molecular weight is 501 g/mol. The lowest BCUT2D eigenvalue weighted by molar-refractivity contribution is 0.454. The van der Waals surface area contributed by atoms with Crippen molar-refractivity contribution in [3.8, 4) is 0 Å². The fourth-order valence-electron chi connectivity index (χ4n) is 3.54. The molecule has 7 heteroatoms. The lowest BCUT2D eigenvalue weighted by atomic mass is 9.92. The highest BCUT2D eigenvalue weighted by atomic mass is 127. The number of aromatic nitrogens is 2. The van der Waals surface area contributed by atoms with Crippen molar-refractivity contribution in [2.45, 2.75) is 39.0 Å². The summed E-state index contributed by atoms with van der Waals surface area (Å²) in [6, 6.07) is 4.34. The van der Waals surface area contributed by atoms with E-state index >= 15 is 0 Å². The summed E-state index contributed by atoms with van der Waals surface area (Å²) in [7, 11) is 1.98. The number of hydrogen-bond donors (Lipinski definition) is 1. The summed E-state index contributed by atoms with van der Waals surface area (Å²) in [4.78, 5) is 8.81. The van der Waals surface area contributed by atoms with Gasteiger partial charge in [-0.25, -0.2) is 0 Å². The lowest BCUT2D eigenvalue weighted by Crippen LogP contribution is -2.41. The molecule has 1 unspecified atom stereocenters. The summed E-state index contributed by atoms with van der Waals surface area (Å²) >= 11 is 1.82. The molecule has 0 aromatic carbocycles. The number of nitrogens with one attached hydrogen (secondary N) is 1. The Morgan fingerprint density at radius 3 is 2.89 bits per heavy atom. The lowest BCUT2D eigenvalue weighted by Gasteiger charge is -2.25. The zero-order valence-corrected chi connectivity index (χ0v) is 20.0. The van der Waals surface area contributed by atoms with Crippen molar-refractivity contribution in [1.29, 1.82) is 0 Å². The van der Waals surface area contributed by atoms with Crippen LogP contribution in [-0.2, 0) is 18.9 Å². The molecule has 0 saturated carbocycles. The third-order valence-corrected chi connectivity index (χ3v) is 6.25. The average Bonchev–Trinajstić information content (AvgIpc) is 3.34. The molecule has 0 amide bonds. The van der Waals surface area contributed by atoms with Gasteiger partial charge in [-0.1, -0.05) is 19.9 Å². The molecule has 0 aliphatic carbocycles. The van der Waals surface area contributed by atoms with Gasteiger partial charge in [0, 0.05) is 43.2 Å². The van der Waals surface area contributed by atoms with Crippen LogP contribution in [0.15, 0.2) is 34.9 Å². The van der Waals surface area contributed by atoms with Crippen LogP contribution in [0.25, 0.3) is 0 Å². The second-order valence-corrected chi connectivity index (χ2v) is 8.81. The number of nitrogens with zero attached hydrogens (tertiary/aromatic N) is 4. The van der Waals surface area contributed by atoms with E-state index in [1.807, 2.05) is 29.3 Å². The Balaban J connectivity index is 0.00000261. The minimum absolute atomic E-state index is 0. The second-order valence-electron chi connectivity index (χ2n) is 7.86. The van der Waals surface area contributed by atoms with Gasteiger partial charge in [-0.15, -0.1) is 35.3 Å². The minimum Gasteiger partial charge on any atom is -0.357 e. The molecule has 1 aliphatic heterocycles. The van der Waals surface area contributed by atoms with E-state index in [-0.39, 0.29) is 29.4 Å². The first-order valence-electron chi connectivity index (χ1n) is 9.52. The first-order chi connectivity index (χ1) is 12.5. The molecule has 0 radical (unpaired) electrons. The van der Waals surface area contributed by atoms with E-state index in [0.717, 1.165) is 38.6 Å². The number of aliphatic imine (C=N–C) groups is 1. The predicted molar refractivity (Wildman–Crippen MR) is 125 cm³/mol. The van der Waals surface area contributed by atoms with Crippen LogP contribution in [-0.4, -0.2) is 46.8 Å². The third-order valence-electron chi connectivity index (χ3n) is 5.02. The highest BCUT2D eigenvalue weighted by molar-refractivity contribution is 14.0. The van der Waals surface area contributed by atoms with Crippen LogP contribution in [0.2, 0.25) is 0 Å². The van der Waals surface area contributed by atoms with Crippen molar-refractivity contribution in [1.82, 2.24) is 20.0 Å². The van der Waals surface area contributed by atoms with Crippen molar-refractivity contribution in [3.63, 3.8) is 0 Å². The van der Waals surface area contributed by atoms with E-state index in [2.05, 4.69) is 59.8 Å². The number of thiophene rings is 1. The van der Waals surface area contributed by atoms with Gasteiger partial charge in [-0.3, -0.25) is 9.67 Å². The molecule has 2 aromatic heterocycles. The zero-order valence-electron chi connectivity index (χ0n) is 16.8. The van der Waals surface area contributed by atoms with E-state index in [4.69, 9.17) is 4.99 Å². The Labute approximate surface area is 184 Å². The van der Waals surface area contributed by atoms with Crippen molar-refractivity contribution in [2.75, 3.05) is 26.2 Å². The SMILES string of the molecule is CCNC(=NCC(C)(C)c1cccs1)N1CCC(Cc2cnn(C)c2)C1.I. The van der Waals surface area contributed by atoms with Crippen LogP contribution in [0.3, 0.4) is 0 Å². The Morgan fingerprint density at radius 2 is 2.26 bits per heavy atom. The summed E-state index contributed by atoms with van der Waals surface area (Å²) < 4.78 is 1.89. The fourth-order valence-corrected chi connectivity index (χ4v) is 4.39. The summed E-state index contributed by atoms with van der Waals surface area (Å²) in [5, 5.41) is 9.93. The number of rotatable bonds is 6. The van der Waals surface area contributed by atoms with Gasteiger partial charge in [0.05, 0.1) is 12.7 Å². The molecule has 0 bridgehead atoms. The molecule has 3 rings (SSSR count). The Morgan fingerprint density at radius 1 is 1.44 bits per heavy atom. The van der Waals surface area contributed by atoms with Crippen LogP contribution in [0.1, 0.15) is 37.6 Å². The highest BCUT2D eigenvalue weighted by Crippen LogP contribution is 2.28. The first kappa shape index (κ1) is 22.2. The molecule has 27 heavy (non-hydrogen) atoms. The topological polar surface area (TPSA) is 45.5 Å². The van der Waals surface area contributed by atoms with Gasteiger partial charge in [0.2, 0.25) is 0 Å². The number of halogens is 1. The van der Waals surface area contributed by atoms with Gasteiger partial charge in [-0.05, 0) is 42.7 Å². The molecule has 1 saturated heterocycles. The molecular weight excluding hydrogens is 469 g/mol. The normalized spacial score (nSPS) is 17.9. The van der Waals surface area contributed by atoms with Crippen molar-refractivity contribution in [3.05, 3.63) is 40.3 Å². The number of likely N-dealkylation sites (tertiary alicyclic amines) is 1. The maximum absolute atomic E-state index is 4.99. The standard InChI is InChI=1S/C20H31N5S.HI/c1-5-21-19(22-15-20(2,3)18-7-6-10-26-18)25-9-8-16(14-25)11-17-12-23-24(4)13-17;/h6-7,10,12-13,16H,5,8-9,11,14-15H2,1-4H3,(H,21,22);1H. The summed E-state index contributed by atoms with van der Waals surface area (Å²) in [6.45, 7) is 10.6. The largest absolute Gasteiger partial charge is 0.357 e. The van der Waals surface area contributed by atoms with E-state index in [1.54, 1.807) is 0 Å². The Bertz CT molecular complexity index is 723. The van der Waals surface area contributed by atoms with Crippen molar-refractivity contribution >= 4 is 41.3 Å². The van der Waals surface area contributed by atoms with Gasteiger partial charge < -0.3 is 10.2 Å². The van der Waals surface area contributed by atoms with Crippen molar-refractivity contribution in [2.24, 2.45) is 18.0 Å². The number of hydrogen-bond acceptors (Lipinski definition) is 3. The van der Waals surface area contributed by atoms with Crippen molar-refractivity contribution < 1.29 is 0 Å².